The molecule has 0 aliphatic heterocycles. The van der Waals surface area contributed by atoms with Gasteiger partial charge in [0.1, 0.15) is 0 Å². The molecule has 0 atom stereocenters. The Morgan fingerprint density at radius 1 is 1.21 bits per heavy atom. The molecule has 0 fully saturated rings. The van der Waals surface area contributed by atoms with Gasteiger partial charge in [0, 0.05) is 22.5 Å². The van der Waals surface area contributed by atoms with Gasteiger partial charge in [-0.2, -0.15) is 4.98 Å². The predicted molar refractivity (Wildman–Crippen MR) is 76.7 cm³/mol. The van der Waals surface area contributed by atoms with E-state index >= 15 is 0 Å². The molecule has 3 aromatic heterocycles. The first-order valence-electron chi connectivity index (χ1n) is 5.86. The van der Waals surface area contributed by atoms with Crippen molar-refractivity contribution >= 4 is 28.9 Å². The third kappa shape index (κ3) is 2.62. The largest absolute Gasteiger partial charge is 0.253 e. The number of thiazole rings is 1. The highest BCUT2D eigenvalue weighted by Gasteiger charge is 2.09. The molecule has 19 heavy (non-hydrogen) atoms. The van der Waals surface area contributed by atoms with Crippen LogP contribution in [0.2, 0.25) is 0 Å². The minimum absolute atomic E-state index is 0.662. The average molecular weight is 291 g/mol. The first-order chi connectivity index (χ1) is 9.11. The fourth-order valence-corrected chi connectivity index (χ4v) is 3.25. The number of thioether (sulfide) groups is 1. The van der Waals surface area contributed by atoms with E-state index in [1.807, 2.05) is 26.8 Å². The molecular formula is C12H13N5S2. The van der Waals surface area contributed by atoms with Crippen molar-refractivity contribution in [2.75, 3.05) is 0 Å². The van der Waals surface area contributed by atoms with Crippen LogP contribution in [-0.4, -0.2) is 24.6 Å². The van der Waals surface area contributed by atoms with E-state index in [0.717, 1.165) is 33.0 Å². The van der Waals surface area contributed by atoms with Crippen LogP contribution in [-0.2, 0) is 5.75 Å². The molecule has 5 nitrogen and oxygen atoms in total. The molecule has 0 bridgehead atoms. The van der Waals surface area contributed by atoms with Crippen molar-refractivity contribution in [1.82, 2.24) is 24.6 Å². The van der Waals surface area contributed by atoms with Gasteiger partial charge in [0.05, 0.1) is 10.7 Å². The summed E-state index contributed by atoms with van der Waals surface area (Å²) in [6.45, 7) is 5.99. The summed E-state index contributed by atoms with van der Waals surface area (Å²) >= 11 is 3.25. The lowest BCUT2D eigenvalue weighted by molar-refractivity contribution is 0.843. The lowest BCUT2D eigenvalue weighted by Gasteiger charge is -1.97. The molecule has 0 saturated carbocycles. The summed E-state index contributed by atoms with van der Waals surface area (Å²) in [7, 11) is 0. The van der Waals surface area contributed by atoms with Crippen LogP contribution >= 0.6 is 23.1 Å². The number of aryl methyl sites for hydroxylation is 3. The highest BCUT2D eigenvalue weighted by molar-refractivity contribution is 7.98. The van der Waals surface area contributed by atoms with Crippen LogP contribution in [0, 0.1) is 20.8 Å². The maximum absolute atomic E-state index is 4.46. The minimum atomic E-state index is 0.662. The molecule has 3 heterocycles. The molecule has 0 aliphatic carbocycles. The summed E-state index contributed by atoms with van der Waals surface area (Å²) in [6.07, 6.45) is 0. The van der Waals surface area contributed by atoms with Gasteiger partial charge in [-0.25, -0.2) is 14.5 Å². The highest BCUT2D eigenvalue weighted by Crippen LogP contribution is 2.21. The van der Waals surface area contributed by atoms with Gasteiger partial charge in [-0.1, -0.05) is 11.8 Å². The van der Waals surface area contributed by atoms with Crippen molar-refractivity contribution in [3.8, 4) is 0 Å². The predicted octanol–water partition coefficient (Wildman–Crippen LogP) is 2.80. The molecule has 0 aromatic carbocycles. The normalized spacial score (nSPS) is 11.3. The van der Waals surface area contributed by atoms with Gasteiger partial charge in [0.15, 0.2) is 0 Å². The molecule has 0 N–H and O–H groups in total. The van der Waals surface area contributed by atoms with E-state index in [1.165, 1.54) is 0 Å². The summed E-state index contributed by atoms with van der Waals surface area (Å²) in [5.41, 5.74) is 3.09. The van der Waals surface area contributed by atoms with Gasteiger partial charge in [-0.15, -0.1) is 16.4 Å². The van der Waals surface area contributed by atoms with E-state index in [-0.39, 0.29) is 0 Å². The number of hydrogen-bond acceptors (Lipinski definition) is 6. The van der Waals surface area contributed by atoms with Crippen molar-refractivity contribution in [2.45, 2.75) is 31.7 Å². The zero-order chi connectivity index (χ0) is 13.4. The van der Waals surface area contributed by atoms with Crippen molar-refractivity contribution < 1.29 is 0 Å². The van der Waals surface area contributed by atoms with Crippen LogP contribution in [0.4, 0.5) is 0 Å². The van der Waals surface area contributed by atoms with Crippen molar-refractivity contribution in [3.05, 3.63) is 33.5 Å². The third-order valence-corrected chi connectivity index (χ3v) is 4.31. The standard InChI is InChI=1S/C12H13N5S2/c1-7-4-8(2)17-11(13-7)15-12(16-17)19-6-10-5-18-9(3)14-10/h4-5H,6H2,1-3H3. The van der Waals surface area contributed by atoms with Gasteiger partial charge < -0.3 is 0 Å². The molecule has 0 unspecified atom stereocenters. The number of hydrogen-bond donors (Lipinski definition) is 0. The quantitative estimate of drug-likeness (QED) is 0.695. The summed E-state index contributed by atoms with van der Waals surface area (Å²) in [5, 5.41) is 8.36. The van der Waals surface area contributed by atoms with E-state index in [0.29, 0.717) is 5.78 Å². The SMILES string of the molecule is Cc1cc(C)n2nc(SCc3csc(C)n3)nc2n1. The summed E-state index contributed by atoms with van der Waals surface area (Å²) in [6, 6.07) is 2.00. The maximum atomic E-state index is 4.46. The second kappa shape index (κ2) is 4.90. The minimum Gasteiger partial charge on any atom is -0.246 e. The Labute approximate surface area is 119 Å². The van der Waals surface area contributed by atoms with Crippen molar-refractivity contribution in [2.24, 2.45) is 0 Å². The number of rotatable bonds is 3. The molecule has 0 radical (unpaired) electrons. The van der Waals surface area contributed by atoms with E-state index in [4.69, 9.17) is 0 Å². The molecule has 0 amide bonds. The monoisotopic (exact) mass is 291 g/mol. The topological polar surface area (TPSA) is 56.0 Å². The first kappa shape index (κ1) is 12.6. The van der Waals surface area contributed by atoms with E-state index in [1.54, 1.807) is 27.6 Å². The Morgan fingerprint density at radius 2 is 2.05 bits per heavy atom. The Kier molecular flexibility index (Phi) is 3.24. The Hall–Kier alpha value is -1.47. The zero-order valence-corrected chi connectivity index (χ0v) is 12.5. The van der Waals surface area contributed by atoms with Gasteiger partial charge in [-0.05, 0) is 26.8 Å². The Morgan fingerprint density at radius 3 is 2.79 bits per heavy atom. The zero-order valence-electron chi connectivity index (χ0n) is 10.9. The second-order valence-electron chi connectivity index (χ2n) is 4.29. The van der Waals surface area contributed by atoms with Gasteiger partial charge >= 0.3 is 0 Å². The van der Waals surface area contributed by atoms with E-state index < -0.39 is 0 Å². The number of nitrogens with zero attached hydrogens (tertiary/aromatic N) is 5. The molecular weight excluding hydrogens is 278 g/mol. The number of aromatic nitrogens is 5. The molecule has 98 valence electrons. The molecule has 7 heteroatoms. The molecule has 0 saturated heterocycles. The lowest BCUT2D eigenvalue weighted by atomic mass is 10.4. The number of fused-ring (bicyclic) bond motifs is 1. The van der Waals surface area contributed by atoms with Crippen LogP contribution in [0.5, 0.6) is 0 Å². The fraction of sp³-hybridized carbons (Fsp3) is 0.333. The molecule has 0 spiro atoms. The molecule has 0 aliphatic rings. The van der Waals surface area contributed by atoms with Gasteiger partial charge in [-0.3, -0.25) is 0 Å². The fourth-order valence-electron chi connectivity index (χ4n) is 1.82. The summed E-state index contributed by atoms with van der Waals surface area (Å²) in [5.74, 6) is 1.45. The second-order valence-corrected chi connectivity index (χ2v) is 6.30. The van der Waals surface area contributed by atoms with Crippen LogP contribution in [0.25, 0.3) is 5.78 Å². The smallest absolute Gasteiger partial charge is 0.246 e. The Balaban J connectivity index is 1.83. The summed E-state index contributed by atoms with van der Waals surface area (Å²) < 4.78 is 1.78. The van der Waals surface area contributed by atoms with E-state index in [2.05, 4.69) is 25.4 Å². The molecule has 3 rings (SSSR count). The third-order valence-electron chi connectivity index (χ3n) is 2.61. The first-order valence-corrected chi connectivity index (χ1v) is 7.73. The maximum Gasteiger partial charge on any atom is 0.253 e. The van der Waals surface area contributed by atoms with Crippen LogP contribution in [0.3, 0.4) is 0 Å². The van der Waals surface area contributed by atoms with Crippen LogP contribution in [0.15, 0.2) is 16.6 Å². The molecule has 3 aromatic rings. The summed E-state index contributed by atoms with van der Waals surface area (Å²) in [4.78, 5) is 13.2. The van der Waals surface area contributed by atoms with E-state index in [9.17, 15) is 0 Å². The Bertz CT molecular complexity index is 731. The van der Waals surface area contributed by atoms with Crippen LogP contribution in [0.1, 0.15) is 22.1 Å². The van der Waals surface area contributed by atoms with Gasteiger partial charge in [0.25, 0.3) is 5.78 Å². The lowest BCUT2D eigenvalue weighted by Crippen LogP contribution is -1.97. The highest BCUT2D eigenvalue weighted by atomic mass is 32.2. The van der Waals surface area contributed by atoms with Crippen LogP contribution < -0.4 is 0 Å². The van der Waals surface area contributed by atoms with Crippen molar-refractivity contribution in [3.63, 3.8) is 0 Å². The van der Waals surface area contributed by atoms with Crippen molar-refractivity contribution in [1.29, 1.82) is 0 Å². The average Bonchev–Trinajstić information content (AvgIpc) is 2.92. The van der Waals surface area contributed by atoms with Gasteiger partial charge in [0.2, 0.25) is 5.16 Å².